The van der Waals surface area contributed by atoms with Gasteiger partial charge in [0.25, 0.3) is 11.8 Å². The molecule has 1 aliphatic heterocycles. The molecule has 0 unspecified atom stereocenters. The summed E-state index contributed by atoms with van der Waals surface area (Å²) in [5.74, 6) is -5.71. The number of hydrogen-bond donors (Lipinski definition) is 3. The van der Waals surface area contributed by atoms with Crippen molar-refractivity contribution in [1.82, 2.24) is 20.4 Å². The fraction of sp³-hybridized carbons (Fsp3) is 0.320. The standard InChI is InChI=1S/C25H26F2N6O3/c1-15(28)18-9-8-17(12-20(18)29-2)22-31-24(36-32-22)19-10-11-33(14-25(19,26)27)21(34)13-30-23(35)16-6-4-3-5-7-16/h3-9,12,19,28-29H,10-11,13-14H2,1-2H3,(H,30,35)/t19-/m1/s1. The van der Waals surface area contributed by atoms with Crippen molar-refractivity contribution in [2.45, 2.75) is 25.2 Å². The van der Waals surface area contributed by atoms with Gasteiger partial charge < -0.3 is 25.5 Å². The van der Waals surface area contributed by atoms with Crippen LogP contribution < -0.4 is 10.6 Å². The molecule has 2 heterocycles. The Bertz CT molecular complexity index is 1280. The molecular formula is C25H26F2N6O3. The lowest BCUT2D eigenvalue weighted by Crippen LogP contribution is -2.52. The van der Waals surface area contributed by atoms with E-state index in [1.807, 2.05) is 0 Å². The first-order valence-corrected chi connectivity index (χ1v) is 11.4. The van der Waals surface area contributed by atoms with Crippen molar-refractivity contribution < 1.29 is 22.9 Å². The number of likely N-dealkylation sites (tertiary alicyclic amines) is 1. The second-order valence-corrected chi connectivity index (χ2v) is 8.56. The minimum Gasteiger partial charge on any atom is -0.388 e. The van der Waals surface area contributed by atoms with Gasteiger partial charge in [-0.1, -0.05) is 35.5 Å². The smallest absolute Gasteiger partial charge is 0.276 e. The Kier molecular flexibility index (Phi) is 7.09. The van der Waals surface area contributed by atoms with Crippen LogP contribution in [0.15, 0.2) is 53.1 Å². The number of alkyl halides is 2. The molecule has 2 amide bonds. The molecule has 1 atom stereocenters. The van der Waals surface area contributed by atoms with Gasteiger partial charge in [-0.3, -0.25) is 9.59 Å². The third-order valence-electron chi connectivity index (χ3n) is 6.08. The van der Waals surface area contributed by atoms with Gasteiger partial charge in [-0.25, -0.2) is 8.78 Å². The van der Waals surface area contributed by atoms with Gasteiger partial charge in [-0.2, -0.15) is 4.98 Å². The van der Waals surface area contributed by atoms with Crippen molar-refractivity contribution in [2.75, 3.05) is 32.0 Å². The van der Waals surface area contributed by atoms with Crippen LogP contribution in [0, 0.1) is 5.41 Å². The zero-order chi connectivity index (χ0) is 25.9. The van der Waals surface area contributed by atoms with Crippen LogP contribution >= 0.6 is 0 Å². The van der Waals surface area contributed by atoms with Gasteiger partial charge in [0.15, 0.2) is 0 Å². The van der Waals surface area contributed by atoms with E-state index in [0.717, 1.165) is 4.90 Å². The number of nitrogens with zero attached hydrogens (tertiary/aromatic N) is 3. The number of amides is 2. The van der Waals surface area contributed by atoms with Gasteiger partial charge in [-0.15, -0.1) is 0 Å². The highest BCUT2D eigenvalue weighted by Crippen LogP contribution is 2.40. The third-order valence-corrected chi connectivity index (χ3v) is 6.08. The van der Waals surface area contributed by atoms with E-state index < -0.39 is 30.2 Å². The summed E-state index contributed by atoms with van der Waals surface area (Å²) in [6.07, 6.45) is -0.0687. The number of anilines is 1. The maximum atomic E-state index is 15.1. The Balaban J connectivity index is 1.41. The predicted molar refractivity (Wildman–Crippen MR) is 129 cm³/mol. The molecule has 0 aliphatic carbocycles. The summed E-state index contributed by atoms with van der Waals surface area (Å²) in [4.78, 5) is 29.9. The number of rotatable bonds is 7. The number of benzene rings is 2. The highest BCUT2D eigenvalue weighted by Gasteiger charge is 2.49. The normalized spacial score (nSPS) is 16.9. The first-order valence-electron chi connectivity index (χ1n) is 11.4. The van der Waals surface area contributed by atoms with Crippen LogP contribution in [0.5, 0.6) is 0 Å². The van der Waals surface area contributed by atoms with E-state index in [0.29, 0.717) is 28.1 Å². The van der Waals surface area contributed by atoms with Gasteiger partial charge in [0.1, 0.15) is 5.92 Å². The van der Waals surface area contributed by atoms with Crippen LogP contribution in [0.3, 0.4) is 0 Å². The van der Waals surface area contributed by atoms with Crippen LogP contribution in [0.4, 0.5) is 14.5 Å². The molecule has 1 fully saturated rings. The molecule has 3 N–H and O–H groups in total. The van der Waals surface area contributed by atoms with Crippen molar-refractivity contribution in [3.63, 3.8) is 0 Å². The lowest BCUT2D eigenvalue weighted by atomic mass is 9.92. The summed E-state index contributed by atoms with van der Waals surface area (Å²) >= 11 is 0. The molecule has 4 rings (SSSR count). The van der Waals surface area contributed by atoms with Crippen molar-refractivity contribution in [3.05, 3.63) is 65.5 Å². The molecule has 36 heavy (non-hydrogen) atoms. The predicted octanol–water partition coefficient (Wildman–Crippen LogP) is 3.55. The third kappa shape index (κ3) is 5.24. The van der Waals surface area contributed by atoms with Gasteiger partial charge in [0.05, 0.1) is 13.1 Å². The number of carbonyl (C=O) groups excluding carboxylic acids is 2. The molecule has 0 spiro atoms. The molecule has 1 aliphatic rings. The fourth-order valence-corrected chi connectivity index (χ4v) is 4.13. The topological polar surface area (TPSA) is 124 Å². The van der Waals surface area contributed by atoms with Crippen LogP contribution in [0.1, 0.15) is 41.1 Å². The molecule has 9 nitrogen and oxygen atoms in total. The quantitative estimate of drug-likeness (QED) is 0.430. The minimum absolute atomic E-state index is 0.0647. The van der Waals surface area contributed by atoms with Gasteiger partial charge in [0.2, 0.25) is 17.6 Å². The first kappa shape index (κ1) is 25.0. The fourth-order valence-electron chi connectivity index (χ4n) is 4.13. The Labute approximate surface area is 206 Å². The van der Waals surface area contributed by atoms with Crippen molar-refractivity contribution >= 4 is 23.2 Å². The average Bonchev–Trinajstić information content (AvgIpc) is 3.36. The summed E-state index contributed by atoms with van der Waals surface area (Å²) in [5.41, 5.74) is 2.70. The molecule has 2 aromatic carbocycles. The molecule has 0 saturated carbocycles. The first-order chi connectivity index (χ1) is 17.2. The van der Waals surface area contributed by atoms with Crippen LogP contribution in [0.25, 0.3) is 11.4 Å². The Morgan fingerprint density at radius 3 is 2.64 bits per heavy atom. The van der Waals surface area contributed by atoms with Crippen molar-refractivity contribution in [3.8, 4) is 11.4 Å². The molecule has 188 valence electrons. The summed E-state index contributed by atoms with van der Waals surface area (Å²) in [6, 6.07) is 13.5. The van der Waals surface area contributed by atoms with Crippen LogP contribution in [-0.2, 0) is 4.79 Å². The van der Waals surface area contributed by atoms with Crippen LogP contribution in [0.2, 0.25) is 0 Å². The number of piperidine rings is 1. The molecule has 0 radical (unpaired) electrons. The maximum absolute atomic E-state index is 15.1. The number of nitrogens with one attached hydrogen (secondary N) is 3. The van der Waals surface area contributed by atoms with E-state index in [1.54, 1.807) is 62.5 Å². The summed E-state index contributed by atoms with van der Waals surface area (Å²) in [7, 11) is 1.72. The lowest BCUT2D eigenvalue weighted by molar-refractivity contribution is -0.144. The number of halogens is 2. The zero-order valence-electron chi connectivity index (χ0n) is 19.8. The Morgan fingerprint density at radius 2 is 1.97 bits per heavy atom. The van der Waals surface area contributed by atoms with Gasteiger partial charge in [-0.05, 0) is 31.5 Å². The second kappa shape index (κ2) is 10.2. The molecule has 3 aromatic rings. The Hall–Kier alpha value is -4.15. The molecule has 1 saturated heterocycles. The largest absolute Gasteiger partial charge is 0.388 e. The van der Waals surface area contributed by atoms with Crippen molar-refractivity contribution in [1.29, 1.82) is 5.41 Å². The van der Waals surface area contributed by atoms with E-state index in [9.17, 15) is 9.59 Å². The zero-order valence-corrected chi connectivity index (χ0v) is 19.8. The van der Waals surface area contributed by atoms with Gasteiger partial charge in [0, 0.05) is 41.7 Å². The molecule has 1 aromatic heterocycles. The summed E-state index contributed by atoms with van der Waals surface area (Å²) in [6.45, 7) is 0.540. The molecular weight excluding hydrogens is 470 g/mol. The monoisotopic (exact) mass is 496 g/mol. The minimum atomic E-state index is -3.29. The molecule has 0 bridgehead atoms. The highest BCUT2D eigenvalue weighted by atomic mass is 19.3. The maximum Gasteiger partial charge on any atom is 0.276 e. The van der Waals surface area contributed by atoms with E-state index in [-0.39, 0.29) is 31.2 Å². The number of aromatic nitrogens is 2. The van der Waals surface area contributed by atoms with Crippen molar-refractivity contribution in [2.24, 2.45) is 0 Å². The number of hydrogen-bond acceptors (Lipinski definition) is 7. The number of carbonyl (C=O) groups is 2. The van der Waals surface area contributed by atoms with E-state index >= 15 is 8.78 Å². The summed E-state index contributed by atoms with van der Waals surface area (Å²) in [5, 5.41) is 17.2. The second-order valence-electron chi connectivity index (χ2n) is 8.56. The molecule has 11 heteroatoms. The highest BCUT2D eigenvalue weighted by molar-refractivity contribution is 6.02. The summed E-state index contributed by atoms with van der Waals surface area (Å²) < 4.78 is 35.3. The lowest BCUT2D eigenvalue weighted by Gasteiger charge is -2.36. The SMILES string of the molecule is CNc1cc(-c2noc([C@H]3CCN(C(=O)CNC(=O)c4ccccc4)CC3(F)F)n2)ccc1C(C)=N. The van der Waals surface area contributed by atoms with E-state index in [4.69, 9.17) is 9.93 Å². The van der Waals surface area contributed by atoms with E-state index in [1.165, 1.54) is 0 Å². The van der Waals surface area contributed by atoms with Crippen LogP contribution in [-0.4, -0.2) is 65.2 Å². The van der Waals surface area contributed by atoms with Gasteiger partial charge >= 0.3 is 0 Å². The average molecular weight is 497 g/mol. The van der Waals surface area contributed by atoms with E-state index in [2.05, 4.69) is 20.8 Å². The Morgan fingerprint density at radius 1 is 1.22 bits per heavy atom.